The van der Waals surface area contributed by atoms with Crippen molar-refractivity contribution in [3.05, 3.63) is 17.5 Å². The molecule has 0 spiro atoms. The summed E-state index contributed by atoms with van der Waals surface area (Å²) < 4.78 is 7.42. The number of nitrogens with zero attached hydrogens (tertiary/aromatic N) is 4. The SMILES string of the molecule is CN(CCOCCN(C)C(=O)c1cc2n(n1)CCCC2)C(=O)CCl. The number of likely N-dealkylation sites (N-methyl/N-ethyl adjacent to an activating group) is 2. The normalized spacial score (nSPS) is 13.5. The van der Waals surface area contributed by atoms with Gasteiger partial charge in [0.2, 0.25) is 5.91 Å². The number of halogens is 1. The van der Waals surface area contributed by atoms with E-state index in [2.05, 4.69) is 5.10 Å². The third-order valence-electron chi connectivity index (χ3n) is 4.16. The summed E-state index contributed by atoms with van der Waals surface area (Å²) in [7, 11) is 3.43. The number of hydrogen-bond acceptors (Lipinski definition) is 4. The maximum atomic E-state index is 12.4. The quantitative estimate of drug-likeness (QED) is 0.515. The predicted molar refractivity (Wildman–Crippen MR) is 91.3 cm³/mol. The molecular formula is C16H25ClN4O3. The lowest BCUT2D eigenvalue weighted by atomic mass is 10.1. The molecule has 0 saturated carbocycles. The van der Waals surface area contributed by atoms with Gasteiger partial charge in [0.25, 0.3) is 5.91 Å². The Bertz CT molecular complexity index is 552. The van der Waals surface area contributed by atoms with Crippen LogP contribution < -0.4 is 0 Å². The predicted octanol–water partition coefficient (Wildman–Crippen LogP) is 1.01. The molecule has 0 unspecified atom stereocenters. The number of ether oxygens (including phenoxy) is 1. The molecule has 1 aromatic rings. The third-order valence-corrected chi connectivity index (χ3v) is 4.39. The molecule has 1 aromatic heterocycles. The number of amides is 2. The first-order valence-electron chi connectivity index (χ1n) is 8.22. The molecule has 24 heavy (non-hydrogen) atoms. The molecule has 2 heterocycles. The first-order valence-corrected chi connectivity index (χ1v) is 8.76. The van der Waals surface area contributed by atoms with Crippen LogP contribution in [-0.4, -0.2) is 77.7 Å². The van der Waals surface area contributed by atoms with Gasteiger partial charge in [-0.1, -0.05) is 0 Å². The molecule has 0 fully saturated rings. The molecule has 0 bridgehead atoms. The van der Waals surface area contributed by atoms with Gasteiger partial charge in [-0.15, -0.1) is 11.6 Å². The van der Waals surface area contributed by atoms with Crippen LogP contribution in [0.1, 0.15) is 29.0 Å². The molecule has 0 atom stereocenters. The summed E-state index contributed by atoms with van der Waals surface area (Å²) in [6.45, 7) is 2.69. The van der Waals surface area contributed by atoms with Gasteiger partial charge in [-0.3, -0.25) is 14.3 Å². The summed E-state index contributed by atoms with van der Waals surface area (Å²) >= 11 is 5.48. The number of alkyl halides is 1. The highest BCUT2D eigenvalue weighted by Crippen LogP contribution is 2.16. The van der Waals surface area contributed by atoms with Crippen LogP contribution in [0.15, 0.2) is 6.07 Å². The second kappa shape index (κ2) is 9.03. The van der Waals surface area contributed by atoms with Crippen molar-refractivity contribution < 1.29 is 14.3 Å². The number of rotatable bonds is 8. The fourth-order valence-corrected chi connectivity index (χ4v) is 2.76. The number of aromatic nitrogens is 2. The minimum Gasteiger partial charge on any atom is -0.378 e. The fourth-order valence-electron chi connectivity index (χ4n) is 2.55. The van der Waals surface area contributed by atoms with Crippen molar-refractivity contribution >= 4 is 23.4 Å². The molecule has 1 aliphatic rings. The molecule has 0 saturated heterocycles. The number of hydrogen-bond donors (Lipinski definition) is 0. The van der Waals surface area contributed by atoms with Crippen molar-refractivity contribution in [1.29, 1.82) is 0 Å². The molecule has 0 N–H and O–H groups in total. The van der Waals surface area contributed by atoms with Crippen molar-refractivity contribution in [2.75, 3.05) is 46.3 Å². The minimum atomic E-state index is -0.128. The summed E-state index contributed by atoms with van der Waals surface area (Å²) in [4.78, 5) is 26.8. The van der Waals surface area contributed by atoms with E-state index in [0.29, 0.717) is 32.0 Å². The van der Waals surface area contributed by atoms with Crippen LogP contribution in [0, 0.1) is 0 Å². The van der Waals surface area contributed by atoms with Crippen LogP contribution in [-0.2, 0) is 22.5 Å². The Hall–Kier alpha value is -1.60. The average Bonchev–Trinajstić information content (AvgIpc) is 3.03. The maximum Gasteiger partial charge on any atom is 0.274 e. The summed E-state index contributed by atoms with van der Waals surface area (Å²) in [5.41, 5.74) is 1.64. The average molecular weight is 357 g/mol. The summed E-state index contributed by atoms with van der Waals surface area (Å²) in [6, 6.07) is 1.89. The van der Waals surface area contributed by atoms with E-state index >= 15 is 0 Å². The third kappa shape index (κ3) is 4.95. The van der Waals surface area contributed by atoms with Gasteiger partial charge in [-0.25, -0.2) is 0 Å². The van der Waals surface area contributed by atoms with Crippen LogP contribution in [0.3, 0.4) is 0 Å². The first kappa shape index (κ1) is 18.7. The Kier molecular flexibility index (Phi) is 7.05. The van der Waals surface area contributed by atoms with E-state index in [1.54, 1.807) is 19.0 Å². The van der Waals surface area contributed by atoms with E-state index < -0.39 is 0 Å². The van der Waals surface area contributed by atoms with Crippen molar-refractivity contribution in [2.45, 2.75) is 25.8 Å². The van der Waals surface area contributed by atoms with E-state index in [9.17, 15) is 9.59 Å². The lowest BCUT2D eigenvalue weighted by Gasteiger charge is -2.18. The van der Waals surface area contributed by atoms with Gasteiger partial charge < -0.3 is 14.5 Å². The van der Waals surface area contributed by atoms with Gasteiger partial charge in [0.1, 0.15) is 5.88 Å². The van der Waals surface area contributed by atoms with Crippen LogP contribution in [0.2, 0.25) is 0 Å². The van der Waals surface area contributed by atoms with E-state index in [4.69, 9.17) is 16.3 Å². The first-order chi connectivity index (χ1) is 11.5. The molecule has 2 rings (SSSR count). The highest BCUT2D eigenvalue weighted by molar-refractivity contribution is 6.27. The Morgan fingerprint density at radius 1 is 1.25 bits per heavy atom. The van der Waals surface area contributed by atoms with Gasteiger partial charge in [0.05, 0.1) is 13.2 Å². The number of carbonyl (C=O) groups excluding carboxylic acids is 2. The lowest BCUT2D eigenvalue weighted by Crippen LogP contribution is -2.33. The van der Waals surface area contributed by atoms with E-state index in [0.717, 1.165) is 31.5 Å². The van der Waals surface area contributed by atoms with Gasteiger partial charge in [-0.05, 0) is 25.3 Å². The molecular weight excluding hydrogens is 332 g/mol. The largest absolute Gasteiger partial charge is 0.378 e. The molecule has 0 aliphatic carbocycles. The Morgan fingerprint density at radius 2 is 1.96 bits per heavy atom. The molecule has 0 aromatic carbocycles. The Labute approximate surface area is 147 Å². The number of carbonyl (C=O) groups is 2. The van der Waals surface area contributed by atoms with Crippen LogP contribution >= 0.6 is 11.6 Å². The van der Waals surface area contributed by atoms with Crippen molar-refractivity contribution in [3.63, 3.8) is 0 Å². The lowest BCUT2D eigenvalue weighted by molar-refractivity contribution is -0.127. The van der Waals surface area contributed by atoms with Gasteiger partial charge in [0, 0.05) is 39.4 Å². The second-order valence-corrected chi connectivity index (χ2v) is 6.26. The van der Waals surface area contributed by atoms with Crippen molar-refractivity contribution in [3.8, 4) is 0 Å². The molecule has 8 heteroatoms. The van der Waals surface area contributed by atoms with Crippen LogP contribution in [0.5, 0.6) is 0 Å². The second-order valence-electron chi connectivity index (χ2n) is 5.99. The van der Waals surface area contributed by atoms with E-state index in [1.807, 2.05) is 10.7 Å². The fraction of sp³-hybridized carbons (Fsp3) is 0.688. The number of aryl methyl sites for hydroxylation is 2. The maximum absolute atomic E-state index is 12.4. The van der Waals surface area contributed by atoms with Crippen LogP contribution in [0.4, 0.5) is 0 Å². The highest BCUT2D eigenvalue weighted by Gasteiger charge is 2.19. The molecule has 0 radical (unpaired) electrons. The Morgan fingerprint density at radius 3 is 2.62 bits per heavy atom. The topological polar surface area (TPSA) is 67.7 Å². The summed E-state index contributed by atoms with van der Waals surface area (Å²) in [5.74, 6) is -0.242. The monoisotopic (exact) mass is 356 g/mol. The smallest absolute Gasteiger partial charge is 0.274 e. The zero-order chi connectivity index (χ0) is 17.5. The highest BCUT2D eigenvalue weighted by atomic mass is 35.5. The summed E-state index contributed by atoms with van der Waals surface area (Å²) in [5, 5.41) is 4.40. The van der Waals surface area contributed by atoms with Gasteiger partial charge in [0.15, 0.2) is 5.69 Å². The molecule has 2 amide bonds. The Balaban J connectivity index is 1.70. The van der Waals surface area contributed by atoms with Crippen LogP contribution in [0.25, 0.3) is 0 Å². The zero-order valence-corrected chi connectivity index (χ0v) is 15.1. The number of fused-ring (bicyclic) bond motifs is 1. The molecule has 1 aliphatic heterocycles. The molecule has 134 valence electrons. The summed E-state index contributed by atoms with van der Waals surface area (Å²) in [6.07, 6.45) is 3.26. The van der Waals surface area contributed by atoms with Gasteiger partial charge >= 0.3 is 0 Å². The van der Waals surface area contributed by atoms with Crippen molar-refractivity contribution in [2.24, 2.45) is 0 Å². The van der Waals surface area contributed by atoms with E-state index in [1.165, 1.54) is 4.90 Å². The minimum absolute atomic E-state index is 0.0254. The molecule has 7 nitrogen and oxygen atoms in total. The van der Waals surface area contributed by atoms with E-state index in [-0.39, 0.29) is 17.7 Å². The van der Waals surface area contributed by atoms with Crippen molar-refractivity contribution in [1.82, 2.24) is 19.6 Å². The zero-order valence-electron chi connectivity index (χ0n) is 14.3. The standard InChI is InChI=1S/C16H25ClN4O3/c1-19(15(22)12-17)7-9-24-10-8-20(2)16(23)14-11-13-5-3-4-6-21(13)18-14/h11H,3-10,12H2,1-2H3. The van der Waals surface area contributed by atoms with Gasteiger partial charge in [-0.2, -0.15) is 5.10 Å².